The summed E-state index contributed by atoms with van der Waals surface area (Å²) in [6.07, 6.45) is 1.24. The number of amides is 1. The molecule has 0 aliphatic rings. The van der Waals surface area contributed by atoms with Crippen LogP contribution in [-0.4, -0.2) is 16.7 Å². The van der Waals surface area contributed by atoms with Crippen molar-refractivity contribution in [3.63, 3.8) is 0 Å². The normalized spacial score (nSPS) is 11.2. The van der Waals surface area contributed by atoms with Gasteiger partial charge in [0.05, 0.1) is 0 Å². The highest BCUT2D eigenvalue weighted by Crippen LogP contribution is 2.20. The maximum atomic E-state index is 11.3. The number of ether oxygens (including phenoxy) is 1. The molecule has 0 fully saturated rings. The van der Waals surface area contributed by atoms with Crippen molar-refractivity contribution in [2.75, 3.05) is 5.32 Å². The minimum Gasteiger partial charge on any atom is -0.444 e. The van der Waals surface area contributed by atoms with Crippen molar-refractivity contribution in [3.8, 4) is 0 Å². The van der Waals surface area contributed by atoms with Crippen LogP contribution in [0.15, 0.2) is 6.20 Å². The lowest BCUT2D eigenvalue weighted by atomic mass is 10.2. The summed E-state index contributed by atoms with van der Waals surface area (Å²) in [5, 5.41) is 3.87. The monoisotopic (exact) mass is 292 g/mol. The predicted molar refractivity (Wildman–Crippen MR) is 64.6 cm³/mol. The molecule has 0 atom stereocenters. The minimum atomic E-state index is -0.487. The van der Waals surface area contributed by atoms with Gasteiger partial charge in [-0.15, -0.1) is 11.3 Å². The number of carbonyl (C=O) groups is 1. The summed E-state index contributed by atoms with van der Waals surface area (Å²) in [5.41, 5.74) is -0.487. The number of alkyl halides is 1. The largest absolute Gasteiger partial charge is 0.444 e. The summed E-state index contributed by atoms with van der Waals surface area (Å²) < 4.78 is 5.09. The lowest BCUT2D eigenvalue weighted by Crippen LogP contribution is -2.27. The van der Waals surface area contributed by atoms with Gasteiger partial charge in [0.25, 0.3) is 0 Å². The third-order valence-electron chi connectivity index (χ3n) is 1.29. The quantitative estimate of drug-likeness (QED) is 0.850. The number of nitrogens with one attached hydrogen (secondary N) is 1. The first kappa shape index (κ1) is 12.4. The average molecular weight is 293 g/mol. The van der Waals surface area contributed by atoms with E-state index in [2.05, 4.69) is 26.2 Å². The molecule has 1 N–H and O–H groups in total. The van der Waals surface area contributed by atoms with Crippen molar-refractivity contribution in [2.24, 2.45) is 0 Å². The maximum absolute atomic E-state index is 11.3. The van der Waals surface area contributed by atoms with E-state index >= 15 is 0 Å². The molecule has 0 aromatic carbocycles. The second-order valence-electron chi connectivity index (χ2n) is 3.89. The summed E-state index contributed by atoms with van der Waals surface area (Å²) in [5.74, 6) is 0. The maximum Gasteiger partial charge on any atom is 0.413 e. The van der Waals surface area contributed by atoms with Crippen LogP contribution in [0.5, 0.6) is 0 Å². The van der Waals surface area contributed by atoms with E-state index in [0.717, 1.165) is 10.2 Å². The topological polar surface area (TPSA) is 51.2 Å². The van der Waals surface area contributed by atoms with E-state index in [9.17, 15) is 4.79 Å². The van der Waals surface area contributed by atoms with E-state index in [4.69, 9.17) is 4.74 Å². The molecule has 0 aliphatic heterocycles. The summed E-state index contributed by atoms with van der Waals surface area (Å²) in [4.78, 5) is 16.4. The van der Waals surface area contributed by atoms with Crippen LogP contribution in [0.4, 0.5) is 9.93 Å². The van der Waals surface area contributed by atoms with E-state index in [1.54, 1.807) is 6.20 Å². The highest BCUT2D eigenvalue weighted by atomic mass is 79.9. The number of rotatable bonds is 2. The zero-order valence-corrected chi connectivity index (χ0v) is 11.2. The highest BCUT2D eigenvalue weighted by Gasteiger charge is 2.17. The number of carbonyl (C=O) groups excluding carboxylic acids is 1. The van der Waals surface area contributed by atoms with Crippen molar-refractivity contribution in [2.45, 2.75) is 31.7 Å². The molecular weight excluding hydrogens is 280 g/mol. The molecule has 15 heavy (non-hydrogen) atoms. The molecule has 0 bridgehead atoms. The Labute approximate surface area is 101 Å². The van der Waals surface area contributed by atoms with Gasteiger partial charge in [-0.05, 0) is 20.8 Å². The Morgan fingerprint density at radius 3 is 2.80 bits per heavy atom. The first-order valence-electron chi connectivity index (χ1n) is 4.41. The molecule has 0 spiro atoms. The van der Waals surface area contributed by atoms with Crippen LogP contribution in [0, 0.1) is 0 Å². The third-order valence-corrected chi connectivity index (χ3v) is 3.18. The van der Waals surface area contributed by atoms with E-state index in [1.807, 2.05) is 20.8 Å². The molecule has 0 saturated carbocycles. The molecular formula is C9H13BrN2O2S. The molecule has 1 heterocycles. The zero-order chi connectivity index (χ0) is 11.5. The number of anilines is 1. The summed E-state index contributed by atoms with van der Waals surface area (Å²) in [6, 6.07) is 0. The molecule has 1 aromatic rings. The fourth-order valence-electron chi connectivity index (χ4n) is 0.818. The van der Waals surface area contributed by atoms with Gasteiger partial charge in [-0.25, -0.2) is 9.78 Å². The average Bonchev–Trinajstić information content (AvgIpc) is 2.48. The van der Waals surface area contributed by atoms with Crippen molar-refractivity contribution in [3.05, 3.63) is 11.1 Å². The van der Waals surface area contributed by atoms with Crippen molar-refractivity contribution in [1.82, 2.24) is 4.98 Å². The molecule has 0 aliphatic carbocycles. The molecule has 4 nitrogen and oxygen atoms in total. The Kier molecular flexibility index (Phi) is 4.10. The van der Waals surface area contributed by atoms with Crippen molar-refractivity contribution in [1.29, 1.82) is 0 Å². The Hall–Kier alpha value is -0.620. The second-order valence-corrected chi connectivity index (χ2v) is 5.57. The Balaban J connectivity index is 2.51. The molecule has 1 aromatic heterocycles. The van der Waals surface area contributed by atoms with Gasteiger partial charge in [-0.2, -0.15) is 0 Å². The van der Waals surface area contributed by atoms with Gasteiger partial charge in [0, 0.05) is 16.4 Å². The van der Waals surface area contributed by atoms with Crippen LogP contribution in [0.1, 0.15) is 25.6 Å². The van der Waals surface area contributed by atoms with Crippen LogP contribution < -0.4 is 5.32 Å². The molecule has 0 saturated heterocycles. The van der Waals surface area contributed by atoms with Crippen molar-refractivity contribution < 1.29 is 9.53 Å². The summed E-state index contributed by atoms with van der Waals surface area (Å²) in [7, 11) is 0. The summed E-state index contributed by atoms with van der Waals surface area (Å²) >= 11 is 4.73. The third kappa shape index (κ3) is 4.61. The van der Waals surface area contributed by atoms with Crippen LogP contribution in [-0.2, 0) is 10.1 Å². The number of halogens is 1. The van der Waals surface area contributed by atoms with Gasteiger partial charge in [0.2, 0.25) is 0 Å². The van der Waals surface area contributed by atoms with Crippen LogP contribution in [0.2, 0.25) is 0 Å². The van der Waals surface area contributed by atoms with Gasteiger partial charge < -0.3 is 4.74 Å². The fraction of sp³-hybridized carbons (Fsp3) is 0.556. The van der Waals surface area contributed by atoms with Crippen LogP contribution in [0.3, 0.4) is 0 Å². The Bertz CT molecular complexity index is 346. The molecule has 0 radical (unpaired) electrons. The first-order valence-corrected chi connectivity index (χ1v) is 6.35. The minimum absolute atomic E-state index is 0.474. The molecule has 0 unspecified atom stereocenters. The smallest absolute Gasteiger partial charge is 0.413 e. The Morgan fingerprint density at radius 1 is 1.67 bits per heavy atom. The number of nitrogens with zero attached hydrogens (tertiary/aromatic N) is 1. The molecule has 84 valence electrons. The number of hydrogen-bond acceptors (Lipinski definition) is 4. The summed E-state index contributed by atoms with van der Waals surface area (Å²) in [6.45, 7) is 5.45. The van der Waals surface area contributed by atoms with E-state index in [-0.39, 0.29) is 0 Å². The van der Waals surface area contributed by atoms with Crippen LogP contribution >= 0.6 is 27.3 Å². The van der Waals surface area contributed by atoms with Gasteiger partial charge in [0.15, 0.2) is 5.13 Å². The highest BCUT2D eigenvalue weighted by molar-refractivity contribution is 9.08. The molecule has 6 heteroatoms. The lowest BCUT2D eigenvalue weighted by molar-refractivity contribution is 0.0636. The number of hydrogen-bond donors (Lipinski definition) is 1. The zero-order valence-electron chi connectivity index (χ0n) is 8.83. The molecule has 1 rings (SSSR count). The fourth-order valence-corrected chi connectivity index (χ4v) is 1.95. The SMILES string of the molecule is CC(C)(C)OC(=O)Nc1ncc(CBr)s1. The van der Waals surface area contributed by atoms with Gasteiger partial charge >= 0.3 is 6.09 Å². The molecule has 1 amide bonds. The number of aromatic nitrogens is 1. The lowest BCUT2D eigenvalue weighted by Gasteiger charge is -2.18. The van der Waals surface area contributed by atoms with Crippen LogP contribution in [0.25, 0.3) is 0 Å². The van der Waals surface area contributed by atoms with Gasteiger partial charge in [0.1, 0.15) is 5.60 Å². The standard InChI is InChI=1S/C9H13BrN2O2S/c1-9(2,3)14-8(13)12-7-11-5-6(4-10)15-7/h5H,4H2,1-3H3,(H,11,12,13). The predicted octanol–water partition coefficient (Wildman–Crippen LogP) is 3.39. The first-order chi connectivity index (χ1) is 6.90. The van der Waals surface area contributed by atoms with E-state index < -0.39 is 11.7 Å². The van der Waals surface area contributed by atoms with Gasteiger partial charge in [-0.1, -0.05) is 15.9 Å². The Morgan fingerprint density at radius 2 is 2.33 bits per heavy atom. The second kappa shape index (κ2) is 4.94. The number of thiazole rings is 1. The van der Waals surface area contributed by atoms with Gasteiger partial charge in [-0.3, -0.25) is 5.32 Å². The van der Waals surface area contributed by atoms with E-state index in [0.29, 0.717) is 5.13 Å². The van der Waals surface area contributed by atoms with Crippen molar-refractivity contribution >= 4 is 38.5 Å². The van der Waals surface area contributed by atoms with E-state index in [1.165, 1.54) is 11.3 Å².